The first-order chi connectivity index (χ1) is 15.0. The Hall–Kier alpha value is -2.90. The molecule has 0 unspecified atom stereocenters. The molecule has 2 heterocycles. The van der Waals surface area contributed by atoms with Gasteiger partial charge >= 0.3 is 0 Å². The van der Waals surface area contributed by atoms with E-state index in [0.717, 1.165) is 16.3 Å². The Morgan fingerprint density at radius 3 is 2.10 bits per heavy atom. The number of hydrogen-bond donors (Lipinski definition) is 0. The number of carbonyl (C=O) groups excluding carboxylic acids is 2. The van der Waals surface area contributed by atoms with Gasteiger partial charge in [0.25, 0.3) is 11.8 Å². The number of rotatable bonds is 4. The molecule has 31 heavy (non-hydrogen) atoms. The van der Waals surface area contributed by atoms with Crippen LogP contribution in [0.5, 0.6) is 5.75 Å². The smallest absolute Gasteiger partial charge is 0.265 e. The van der Waals surface area contributed by atoms with Crippen LogP contribution in [0.25, 0.3) is 10.6 Å². The normalized spacial score (nSPS) is 13.9. The maximum atomic E-state index is 13.1. The summed E-state index contributed by atoms with van der Waals surface area (Å²) in [7, 11) is 1.59. The van der Waals surface area contributed by atoms with Gasteiger partial charge in [0.15, 0.2) is 0 Å². The predicted molar refractivity (Wildman–Crippen MR) is 122 cm³/mol. The first-order valence-corrected chi connectivity index (χ1v) is 11.1. The summed E-state index contributed by atoms with van der Waals surface area (Å²) in [5.74, 6) is 0.644. The molecule has 1 fully saturated rings. The number of hydrogen-bond acceptors (Lipinski definition) is 5. The third-order valence-electron chi connectivity index (χ3n) is 5.27. The highest BCUT2D eigenvalue weighted by atomic mass is 35.5. The van der Waals surface area contributed by atoms with E-state index in [9.17, 15) is 9.59 Å². The molecule has 1 aromatic heterocycles. The van der Waals surface area contributed by atoms with Gasteiger partial charge in [0.2, 0.25) is 0 Å². The standard InChI is InChI=1S/C23H22ClN3O3S/c1-15-20(31-21(25-15)16-3-7-18(24)8-4-16)23(29)27-13-11-26(12-14-27)22(28)17-5-9-19(30-2)10-6-17/h3-10H,11-14H2,1-2H3. The lowest BCUT2D eigenvalue weighted by molar-refractivity contribution is 0.0537. The number of carbonyl (C=O) groups is 2. The van der Waals surface area contributed by atoms with Crippen LogP contribution in [0, 0.1) is 6.92 Å². The van der Waals surface area contributed by atoms with Gasteiger partial charge in [-0.15, -0.1) is 11.3 Å². The molecular formula is C23H22ClN3O3S. The summed E-state index contributed by atoms with van der Waals surface area (Å²) in [6.45, 7) is 3.84. The minimum atomic E-state index is -0.0354. The number of thiazole rings is 1. The van der Waals surface area contributed by atoms with Crippen molar-refractivity contribution in [3.63, 3.8) is 0 Å². The Morgan fingerprint density at radius 1 is 0.935 bits per heavy atom. The number of aromatic nitrogens is 1. The lowest BCUT2D eigenvalue weighted by Crippen LogP contribution is -2.50. The molecule has 0 saturated carbocycles. The maximum Gasteiger partial charge on any atom is 0.265 e. The SMILES string of the molecule is COc1ccc(C(=O)N2CCN(C(=O)c3sc(-c4ccc(Cl)cc4)nc3C)CC2)cc1. The second-order valence-electron chi connectivity index (χ2n) is 7.25. The molecule has 0 N–H and O–H groups in total. The Morgan fingerprint density at radius 2 is 1.52 bits per heavy atom. The molecule has 0 radical (unpaired) electrons. The number of piperazine rings is 1. The molecule has 0 bridgehead atoms. The van der Waals surface area contributed by atoms with Gasteiger partial charge in [0, 0.05) is 42.3 Å². The van der Waals surface area contributed by atoms with Crippen LogP contribution < -0.4 is 4.74 Å². The lowest BCUT2D eigenvalue weighted by atomic mass is 10.1. The zero-order chi connectivity index (χ0) is 22.0. The third kappa shape index (κ3) is 4.57. The molecule has 4 rings (SSSR count). The highest BCUT2D eigenvalue weighted by Crippen LogP contribution is 2.30. The summed E-state index contributed by atoms with van der Waals surface area (Å²) in [6.07, 6.45) is 0. The molecule has 0 atom stereocenters. The first-order valence-electron chi connectivity index (χ1n) is 9.92. The molecule has 2 aromatic carbocycles. The van der Waals surface area contributed by atoms with E-state index in [1.54, 1.807) is 41.2 Å². The first kappa shape index (κ1) is 21.3. The van der Waals surface area contributed by atoms with Gasteiger partial charge in [-0.2, -0.15) is 0 Å². The largest absolute Gasteiger partial charge is 0.497 e. The number of amides is 2. The highest BCUT2D eigenvalue weighted by Gasteiger charge is 2.28. The van der Waals surface area contributed by atoms with E-state index in [4.69, 9.17) is 16.3 Å². The fourth-order valence-corrected chi connectivity index (χ4v) is 4.65. The number of aryl methyl sites for hydroxylation is 1. The van der Waals surface area contributed by atoms with Crippen molar-refractivity contribution in [3.05, 3.63) is 69.7 Å². The molecule has 1 aliphatic rings. The van der Waals surface area contributed by atoms with Gasteiger partial charge in [-0.05, 0) is 43.3 Å². The van der Waals surface area contributed by atoms with Crippen molar-refractivity contribution in [1.82, 2.24) is 14.8 Å². The molecule has 1 aliphatic heterocycles. The van der Waals surface area contributed by atoms with Gasteiger partial charge in [0.05, 0.1) is 12.8 Å². The monoisotopic (exact) mass is 455 g/mol. The van der Waals surface area contributed by atoms with Gasteiger partial charge in [-0.1, -0.05) is 23.7 Å². The van der Waals surface area contributed by atoms with Crippen molar-refractivity contribution in [2.24, 2.45) is 0 Å². The predicted octanol–water partition coefficient (Wildman–Crippen LogP) is 4.38. The Kier molecular flexibility index (Phi) is 6.25. The van der Waals surface area contributed by atoms with E-state index in [0.29, 0.717) is 47.4 Å². The van der Waals surface area contributed by atoms with Crippen molar-refractivity contribution >= 4 is 34.8 Å². The van der Waals surface area contributed by atoms with Crippen LogP contribution in [0.2, 0.25) is 5.02 Å². The van der Waals surface area contributed by atoms with Crippen LogP contribution in [0.3, 0.4) is 0 Å². The number of nitrogens with zero attached hydrogens (tertiary/aromatic N) is 3. The van der Waals surface area contributed by atoms with Crippen molar-refractivity contribution in [2.45, 2.75) is 6.92 Å². The summed E-state index contributed by atoms with van der Waals surface area (Å²) >= 11 is 7.35. The molecule has 0 spiro atoms. The van der Waals surface area contributed by atoms with E-state index in [-0.39, 0.29) is 11.8 Å². The quantitative estimate of drug-likeness (QED) is 0.585. The topological polar surface area (TPSA) is 62.7 Å². The minimum Gasteiger partial charge on any atom is -0.497 e. The maximum absolute atomic E-state index is 13.1. The number of halogens is 1. The Bertz CT molecular complexity index is 1090. The number of methoxy groups -OCH3 is 1. The Balaban J connectivity index is 1.41. The average Bonchev–Trinajstić information content (AvgIpc) is 3.20. The van der Waals surface area contributed by atoms with Crippen molar-refractivity contribution in [3.8, 4) is 16.3 Å². The molecular weight excluding hydrogens is 434 g/mol. The van der Waals surface area contributed by atoms with Crippen LogP contribution in [-0.4, -0.2) is 59.9 Å². The fraction of sp³-hybridized carbons (Fsp3) is 0.261. The summed E-state index contributed by atoms with van der Waals surface area (Å²) < 4.78 is 5.14. The minimum absolute atomic E-state index is 0.0336. The second-order valence-corrected chi connectivity index (χ2v) is 8.69. The lowest BCUT2D eigenvalue weighted by Gasteiger charge is -2.34. The van der Waals surface area contributed by atoms with Crippen molar-refractivity contribution in [1.29, 1.82) is 0 Å². The highest BCUT2D eigenvalue weighted by molar-refractivity contribution is 7.17. The summed E-state index contributed by atoms with van der Waals surface area (Å²) in [4.78, 5) is 34.6. The van der Waals surface area contributed by atoms with Crippen LogP contribution in [0.4, 0.5) is 0 Å². The molecule has 2 amide bonds. The van der Waals surface area contributed by atoms with Crippen LogP contribution in [0.15, 0.2) is 48.5 Å². The fourth-order valence-electron chi connectivity index (χ4n) is 3.48. The van der Waals surface area contributed by atoms with Gasteiger partial charge in [0.1, 0.15) is 15.6 Å². The molecule has 160 valence electrons. The second kappa shape index (κ2) is 9.08. The van der Waals surface area contributed by atoms with Crippen molar-refractivity contribution in [2.75, 3.05) is 33.3 Å². The van der Waals surface area contributed by atoms with E-state index >= 15 is 0 Å². The van der Waals surface area contributed by atoms with E-state index in [1.807, 2.05) is 31.2 Å². The summed E-state index contributed by atoms with van der Waals surface area (Å²) in [5, 5.41) is 1.46. The van der Waals surface area contributed by atoms with Gasteiger partial charge in [-0.25, -0.2) is 4.98 Å². The number of benzene rings is 2. The van der Waals surface area contributed by atoms with Gasteiger partial charge < -0.3 is 14.5 Å². The van der Waals surface area contributed by atoms with E-state index < -0.39 is 0 Å². The summed E-state index contributed by atoms with van der Waals surface area (Å²) in [6, 6.07) is 14.5. The summed E-state index contributed by atoms with van der Waals surface area (Å²) in [5.41, 5.74) is 2.27. The molecule has 1 saturated heterocycles. The molecule has 6 nitrogen and oxygen atoms in total. The third-order valence-corrected chi connectivity index (χ3v) is 6.72. The number of ether oxygens (including phenoxy) is 1. The van der Waals surface area contributed by atoms with Gasteiger partial charge in [-0.3, -0.25) is 9.59 Å². The average molecular weight is 456 g/mol. The van der Waals surface area contributed by atoms with Crippen molar-refractivity contribution < 1.29 is 14.3 Å². The van der Waals surface area contributed by atoms with Crippen LogP contribution in [0.1, 0.15) is 25.7 Å². The zero-order valence-corrected chi connectivity index (χ0v) is 18.9. The molecule has 3 aromatic rings. The Labute approximate surface area is 190 Å². The van der Waals surface area contributed by atoms with E-state index in [2.05, 4.69) is 4.98 Å². The van der Waals surface area contributed by atoms with Crippen LogP contribution >= 0.6 is 22.9 Å². The van der Waals surface area contributed by atoms with Crippen LogP contribution in [-0.2, 0) is 0 Å². The van der Waals surface area contributed by atoms with E-state index in [1.165, 1.54) is 11.3 Å². The molecule has 8 heteroatoms. The molecule has 0 aliphatic carbocycles. The zero-order valence-electron chi connectivity index (χ0n) is 17.3.